The second kappa shape index (κ2) is 6.65. The second-order valence-electron chi connectivity index (χ2n) is 6.45. The van der Waals surface area contributed by atoms with Gasteiger partial charge in [-0.15, -0.1) is 0 Å². The Hall–Kier alpha value is -1.62. The van der Waals surface area contributed by atoms with Crippen LogP contribution in [-0.2, 0) is 11.3 Å². The number of aliphatic imine (C=N–C) groups is 1. The quantitative estimate of drug-likeness (QED) is 0.670. The van der Waals surface area contributed by atoms with Crippen molar-refractivity contribution in [1.82, 2.24) is 15.2 Å². The van der Waals surface area contributed by atoms with Gasteiger partial charge < -0.3 is 15.0 Å². The lowest BCUT2D eigenvalue weighted by Crippen LogP contribution is -2.42. The molecule has 0 aromatic carbocycles. The Labute approximate surface area is 132 Å². The third-order valence-electron chi connectivity index (χ3n) is 5.03. The van der Waals surface area contributed by atoms with E-state index in [0.29, 0.717) is 5.41 Å². The number of nitrogens with one attached hydrogen (secondary N) is 1. The van der Waals surface area contributed by atoms with Gasteiger partial charge in [-0.05, 0) is 43.2 Å². The monoisotopic (exact) mass is 302 g/mol. The zero-order valence-corrected chi connectivity index (χ0v) is 13.6. The van der Waals surface area contributed by atoms with Gasteiger partial charge in [-0.3, -0.25) is 9.98 Å². The molecular formula is C17H26N4O. The highest BCUT2D eigenvalue weighted by Gasteiger charge is 2.40. The number of hydrogen-bond donors (Lipinski definition) is 1. The molecule has 0 radical (unpaired) electrons. The fourth-order valence-corrected chi connectivity index (χ4v) is 3.53. The molecule has 2 aliphatic rings. The van der Waals surface area contributed by atoms with Crippen molar-refractivity contribution in [2.75, 3.05) is 33.4 Å². The van der Waals surface area contributed by atoms with Crippen molar-refractivity contribution < 1.29 is 4.74 Å². The zero-order chi connectivity index (χ0) is 15.4. The van der Waals surface area contributed by atoms with Crippen LogP contribution in [0.5, 0.6) is 0 Å². The average molecular weight is 302 g/mol. The molecule has 1 spiro atoms. The number of ether oxygens (including phenoxy) is 1. The first-order valence-corrected chi connectivity index (χ1v) is 8.16. The van der Waals surface area contributed by atoms with Crippen molar-refractivity contribution in [1.29, 1.82) is 0 Å². The molecule has 2 saturated heterocycles. The summed E-state index contributed by atoms with van der Waals surface area (Å²) in [5.41, 5.74) is 2.74. The van der Waals surface area contributed by atoms with Gasteiger partial charge in [0.25, 0.3) is 0 Å². The highest BCUT2D eigenvalue weighted by molar-refractivity contribution is 5.80. The lowest BCUT2D eigenvalue weighted by molar-refractivity contribution is 0.0217. The molecular weight excluding hydrogens is 276 g/mol. The number of hydrogen-bond acceptors (Lipinski definition) is 3. The number of rotatable bonds is 2. The third kappa shape index (κ3) is 3.24. The lowest BCUT2D eigenvalue weighted by Gasteiger charge is -2.33. The Morgan fingerprint density at radius 3 is 2.95 bits per heavy atom. The molecule has 1 N–H and O–H groups in total. The molecule has 5 nitrogen and oxygen atoms in total. The summed E-state index contributed by atoms with van der Waals surface area (Å²) in [5, 5.41) is 3.47. The molecule has 22 heavy (non-hydrogen) atoms. The number of nitrogens with zero attached hydrogens (tertiary/aromatic N) is 3. The second-order valence-corrected chi connectivity index (χ2v) is 6.45. The minimum Gasteiger partial charge on any atom is -0.381 e. The summed E-state index contributed by atoms with van der Waals surface area (Å²) in [6, 6.07) is 4.07. The normalized spacial score (nSPS) is 21.4. The van der Waals surface area contributed by atoms with Gasteiger partial charge in [0, 0.05) is 39.5 Å². The molecule has 5 heteroatoms. The Morgan fingerprint density at radius 2 is 2.23 bits per heavy atom. The first-order chi connectivity index (χ1) is 10.7. The summed E-state index contributed by atoms with van der Waals surface area (Å²) in [5.74, 6) is 0.994. The number of aromatic nitrogens is 1. The Morgan fingerprint density at radius 1 is 1.41 bits per heavy atom. The molecule has 0 atom stereocenters. The van der Waals surface area contributed by atoms with E-state index >= 15 is 0 Å². The van der Waals surface area contributed by atoms with Gasteiger partial charge in [0.1, 0.15) is 0 Å². The van der Waals surface area contributed by atoms with Gasteiger partial charge in [0.15, 0.2) is 5.96 Å². The molecule has 0 aliphatic carbocycles. The van der Waals surface area contributed by atoms with E-state index < -0.39 is 0 Å². The fraction of sp³-hybridized carbons (Fsp3) is 0.647. The van der Waals surface area contributed by atoms with Crippen LogP contribution in [0.2, 0.25) is 0 Å². The summed E-state index contributed by atoms with van der Waals surface area (Å²) >= 11 is 0. The number of pyridine rings is 1. The maximum absolute atomic E-state index is 5.52. The predicted octanol–water partition coefficient (Wildman–Crippen LogP) is 1.97. The summed E-state index contributed by atoms with van der Waals surface area (Å²) in [7, 11) is 1.86. The Bertz CT molecular complexity index is 537. The number of guanidine groups is 1. The van der Waals surface area contributed by atoms with Gasteiger partial charge in [0.05, 0.1) is 12.2 Å². The lowest BCUT2D eigenvalue weighted by atomic mass is 9.80. The molecule has 3 rings (SSSR count). The first-order valence-electron chi connectivity index (χ1n) is 8.16. The molecule has 2 aliphatic heterocycles. The van der Waals surface area contributed by atoms with E-state index in [1.54, 1.807) is 0 Å². The molecule has 1 aromatic rings. The Balaban J connectivity index is 1.60. The summed E-state index contributed by atoms with van der Waals surface area (Å²) in [4.78, 5) is 11.3. The predicted molar refractivity (Wildman–Crippen MR) is 87.8 cm³/mol. The molecule has 0 unspecified atom stereocenters. The largest absolute Gasteiger partial charge is 0.381 e. The van der Waals surface area contributed by atoms with Crippen LogP contribution >= 0.6 is 0 Å². The molecule has 3 heterocycles. The van der Waals surface area contributed by atoms with E-state index in [0.717, 1.165) is 44.5 Å². The standard InChI is InChI=1S/C17H26N4O/c1-14-4-3-8-19-15(14)12-20-16(18-2)21-9-5-17(13-21)6-10-22-11-7-17/h3-4,8H,5-7,9-13H2,1-2H3,(H,18,20). The van der Waals surface area contributed by atoms with Crippen molar-refractivity contribution in [3.63, 3.8) is 0 Å². The summed E-state index contributed by atoms with van der Waals surface area (Å²) in [6.07, 6.45) is 5.46. The third-order valence-corrected chi connectivity index (χ3v) is 5.03. The molecule has 0 amide bonds. The van der Waals surface area contributed by atoms with Crippen molar-refractivity contribution in [2.24, 2.45) is 10.4 Å². The minimum absolute atomic E-state index is 0.441. The SMILES string of the molecule is CN=C(NCc1ncccc1C)N1CCC2(CCOCC2)C1. The topological polar surface area (TPSA) is 49.8 Å². The van der Waals surface area contributed by atoms with E-state index in [2.05, 4.69) is 33.2 Å². The van der Waals surface area contributed by atoms with E-state index in [4.69, 9.17) is 4.74 Å². The molecule has 1 aromatic heterocycles. The van der Waals surface area contributed by atoms with Crippen molar-refractivity contribution in [2.45, 2.75) is 32.7 Å². The van der Waals surface area contributed by atoms with Crippen LogP contribution in [0.25, 0.3) is 0 Å². The highest BCUT2D eigenvalue weighted by atomic mass is 16.5. The molecule has 2 fully saturated rings. The smallest absolute Gasteiger partial charge is 0.193 e. The summed E-state index contributed by atoms with van der Waals surface area (Å²) in [6.45, 7) is 6.82. The molecule has 0 saturated carbocycles. The van der Waals surface area contributed by atoms with Gasteiger partial charge in [0.2, 0.25) is 0 Å². The van der Waals surface area contributed by atoms with E-state index in [9.17, 15) is 0 Å². The van der Waals surface area contributed by atoms with Crippen LogP contribution in [0.3, 0.4) is 0 Å². The van der Waals surface area contributed by atoms with Crippen LogP contribution in [0.4, 0.5) is 0 Å². The van der Waals surface area contributed by atoms with Crippen LogP contribution in [-0.4, -0.2) is 49.2 Å². The molecule has 120 valence electrons. The van der Waals surface area contributed by atoms with Gasteiger partial charge in [-0.1, -0.05) is 6.07 Å². The minimum atomic E-state index is 0.441. The van der Waals surface area contributed by atoms with Crippen LogP contribution in [0.15, 0.2) is 23.3 Å². The van der Waals surface area contributed by atoms with E-state index in [-0.39, 0.29) is 0 Å². The number of likely N-dealkylation sites (tertiary alicyclic amines) is 1. The van der Waals surface area contributed by atoms with E-state index in [1.807, 2.05) is 19.3 Å². The summed E-state index contributed by atoms with van der Waals surface area (Å²) < 4.78 is 5.52. The van der Waals surface area contributed by atoms with Gasteiger partial charge in [-0.25, -0.2) is 0 Å². The fourth-order valence-electron chi connectivity index (χ4n) is 3.53. The van der Waals surface area contributed by atoms with Crippen LogP contribution in [0, 0.1) is 12.3 Å². The molecule has 0 bridgehead atoms. The van der Waals surface area contributed by atoms with Crippen LogP contribution < -0.4 is 5.32 Å². The maximum Gasteiger partial charge on any atom is 0.193 e. The Kier molecular flexibility index (Phi) is 4.62. The van der Waals surface area contributed by atoms with Crippen molar-refractivity contribution >= 4 is 5.96 Å². The van der Waals surface area contributed by atoms with Crippen molar-refractivity contribution in [3.05, 3.63) is 29.6 Å². The number of aryl methyl sites for hydroxylation is 1. The van der Waals surface area contributed by atoms with Crippen LogP contribution in [0.1, 0.15) is 30.5 Å². The first kappa shape index (κ1) is 15.3. The van der Waals surface area contributed by atoms with Gasteiger partial charge >= 0.3 is 0 Å². The maximum atomic E-state index is 5.52. The van der Waals surface area contributed by atoms with Gasteiger partial charge in [-0.2, -0.15) is 0 Å². The van der Waals surface area contributed by atoms with Crippen molar-refractivity contribution in [3.8, 4) is 0 Å². The van der Waals surface area contributed by atoms with E-state index in [1.165, 1.54) is 24.8 Å². The average Bonchev–Trinajstić information content (AvgIpc) is 2.94. The highest BCUT2D eigenvalue weighted by Crippen LogP contribution is 2.39. The zero-order valence-electron chi connectivity index (χ0n) is 13.6.